The highest BCUT2D eigenvalue weighted by atomic mass is 32.2. The van der Waals surface area contributed by atoms with Crippen molar-refractivity contribution in [1.82, 2.24) is 0 Å². The second kappa shape index (κ2) is 23.3. The molecule has 0 aromatic rings. The van der Waals surface area contributed by atoms with Crippen LogP contribution >= 0.6 is 0 Å². The van der Waals surface area contributed by atoms with E-state index in [9.17, 15) is 77.8 Å². The maximum Gasteiger partial charge on any atom is 0.265 e. The van der Waals surface area contributed by atoms with E-state index >= 15 is 0 Å². The zero-order valence-electron chi connectivity index (χ0n) is 33.3. The Morgan fingerprint density at radius 2 is 0.491 bits per heavy atom. The molecule has 0 aliphatic carbocycles. The van der Waals surface area contributed by atoms with Crippen molar-refractivity contribution in [3.8, 4) is 0 Å². The third-order valence-electron chi connectivity index (χ3n) is 9.58. The first-order valence-corrected chi connectivity index (χ1v) is 34.4. The van der Waals surface area contributed by atoms with Crippen LogP contribution in [0.15, 0.2) is 0 Å². The van der Waals surface area contributed by atoms with Gasteiger partial charge < -0.3 is 13.1 Å². The van der Waals surface area contributed by atoms with Crippen LogP contribution in [-0.4, -0.2) is 190 Å². The molecule has 0 spiro atoms. The number of rotatable bonds is 34. The predicted octanol–water partition coefficient (Wildman–Crippen LogP) is 1.49. The average molecular weight is 983 g/mol. The molecule has 0 saturated carbocycles. The molecule has 0 aromatic carbocycles. The lowest BCUT2D eigenvalue weighted by Gasteiger charge is -2.41. The second-order valence-electron chi connectivity index (χ2n) is 16.1. The Balaban J connectivity index is 6.10. The fraction of sp³-hybridized carbons (Fsp3) is 1.00. The van der Waals surface area contributed by atoms with E-state index < -0.39 is 112 Å². The van der Waals surface area contributed by atoms with Crippen LogP contribution in [0.3, 0.4) is 0 Å². The highest BCUT2D eigenvalue weighted by Gasteiger charge is 2.36. The van der Waals surface area contributed by atoms with Crippen LogP contribution in [0.25, 0.3) is 0 Å². The first kappa shape index (κ1) is 56.8. The van der Waals surface area contributed by atoms with Crippen LogP contribution in [0.2, 0.25) is 38.3 Å². The number of hydrogen-bond acceptors (Lipinski definition) is 13. The second-order valence-corrected chi connectivity index (χ2v) is 34.4. The van der Waals surface area contributed by atoms with E-state index in [1.807, 2.05) is 26.2 Å². The summed E-state index contributed by atoms with van der Waals surface area (Å²) in [6, 6.07) is 1.14. The standard InChI is InChI=1S/C28H64N2O19S6Si2/c1-56(2,27-11-19-29(13-5-21-50(31,32)33,14-6-22-51(34,35)36)15-7-23-52(37,38)39)49-57(3,4)28-12-20-30(16-8-24-53(40,41)42,17-9-25-54(43,44)45)18-10-26-55(46,47)48/h5-28H2,1-4H3,(H4-2,31,32,33,34,35,36,37,38,39,40,41,42,43,44,45,46,47,48)/p+2. The van der Waals surface area contributed by atoms with E-state index in [1.54, 1.807) is 0 Å². The van der Waals surface area contributed by atoms with Crippen molar-refractivity contribution in [3.63, 3.8) is 0 Å². The molecule has 0 heterocycles. The molecule has 0 radical (unpaired) electrons. The van der Waals surface area contributed by atoms with Gasteiger partial charge in [0.15, 0.2) is 16.6 Å². The number of hydrogen-bond donors (Lipinski definition) is 6. The molecule has 0 unspecified atom stereocenters. The number of nitrogens with zero attached hydrogens (tertiary/aromatic N) is 2. The maximum atomic E-state index is 11.5. The predicted molar refractivity (Wildman–Crippen MR) is 221 cm³/mol. The van der Waals surface area contributed by atoms with Crippen LogP contribution in [0.5, 0.6) is 0 Å². The molecule has 29 heteroatoms. The van der Waals surface area contributed by atoms with Gasteiger partial charge in [-0.3, -0.25) is 27.3 Å². The average Bonchev–Trinajstić information content (AvgIpc) is 2.92. The molecule has 344 valence electrons. The van der Waals surface area contributed by atoms with Gasteiger partial charge in [-0.15, -0.1) is 0 Å². The molecular formula is C28H66N2O19S6Si2+2. The Morgan fingerprint density at radius 1 is 0.333 bits per heavy atom. The molecule has 6 N–H and O–H groups in total. The minimum atomic E-state index is -4.34. The van der Waals surface area contributed by atoms with Crippen molar-refractivity contribution in [3.05, 3.63) is 0 Å². The van der Waals surface area contributed by atoms with Crippen LogP contribution in [0.4, 0.5) is 0 Å². The molecule has 0 saturated heterocycles. The van der Waals surface area contributed by atoms with Crippen molar-refractivity contribution in [1.29, 1.82) is 0 Å². The summed E-state index contributed by atoms with van der Waals surface area (Å²) >= 11 is 0. The van der Waals surface area contributed by atoms with Gasteiger partial charge in [0.05, 0.1) is 86.9 Å². The van der Waals surface area contributed by atoms with Gasteiger partial charge in [0.1, 0.15) is 0 Å². The molecule has 0 aliphatic heterocycles. The lowest BCUT2D eigenvalue weighted by molar-refractivity contribution is -0.928. The van der Waals surface area contributed by atoms with Crippen molar-refractivity contribution >= 4 is 77.3 Å². The minimum Gasteiger partial charge on any atom is -0.455 e. The van der Waals surface area contributed by atoms with E-state index in [-0.39, 0.29) is 86.8 Å². The molecule has 0 bridgehead atoms. The summed E-state index contributed by atoms with van der Waals surface area (Å²) in [6.07, 6.45) is 0.783. The van der Waals surface area contributed by atoms with Crippen LogP contribution < -0.4 is 0 Å². The summed E-state index contributed by atoms with van der Waals surface area (Å²) in [5.41, 5.74) is 0. The molecule has 0 rings (SSSR count). The largest absolute Gasteiger partial charge is 0.455 e. The third kappa shape index (κ3) is 33.1. The van der Waals surface area contributed by atoms with Gasteiger partial charge in [0.2, 0.25) is 0 Å². The minimum absolute atomic E-state index is 0.0325. The zero-order valence-corrected chi connectivity index (χ0v) is 40.2. The maximum absolute atomic E-state index is 11.5. The monoisotopic (exact) mass is 982 g/mol. The van der Waals surface area contributed by atoms with Crippen molar-refractivity contribution in [2.45, 2.75) is 89.6 Å². The quantitative estimate of drug-likeness (QED) is 0.0302. The van der Waals surface area contributed by atoms with Crippen LogP contribution in [-0.2, 0) is 64.8 Å². The van der Waals surface area contributed by atoms with Crippen molar-refractivity contribution in [2.24, 2.45) is 0 Å². The topological polar surface area (TPSA) is 335 Å². The molecule has 0 atom stereocenters. The fourth-order valence-corrected chi connectivity index (χ4v) is 19.1. The van der Waals surface area contributed by atoms with Gasteiger partial charge >= 0.3 is 0 Å². The van der Waals surface area contributed by atoms with E-state index in [4.69, 9.17) is 4.12 Å². The lowest BCUT2D eigenvalue weighted by Crippen LogP contribution is -2.53. The van der Waals surface area contributed by atoms with Gasteiger partial charge in [-0.05, 0) is 51.1 Å². The van der Waals surface area contributed by atoms with E-state index in [0.717, 1.165) is 0 Å². The van der Waals surface area contributed by atoms with Crippen molar-refractivity contribution in [2.75, 3.05) is 86.9 Å². The Kier molecular flexibility index (Phi) is 23.2. The first-order valence-electron chi connectivity index (χ1n) is 18.5. The highest BCUT2D eigenvalue weighted by Crippen LogP contribution is 2.27. The van der Waals surface area contributed by atoms with Crippen LogP contribution in [0, 0.1) is 0 Å². The van der Waals surface area contributed by atoms with Gasteiger partial charge in [0, 0.05) is 38.5 Å². The van der Waals surface area contributed by atoms with Gasteiger partial charge in [0.25, 0.3) is 60.7 Å². The van der Waals surface area contributed by atoms with Gasteiger partial charge in [-0.1, -0.05) is 0 Å². The molecule has 0 aromatic heterocycles. The Labute approximate surface area is 342 Å². The van der Waals surface area contributed by atoms with Gasteiger partial charge in [-0.2, -0.15) is 50.5 Å². The molecule has 21 nitrogen and oxygen atoms in total. The molecule has 0 aliphatic rings. The Morgan fingerprint density at radius 3 is 0.649 bits per heavy atom. The summed E-state index contributed by atoms with van der Waals surface area (Å²) in [5, 5.41) is 0. The van der Waals surface area contributed by atoms with Gasteiger partial charge in [-0.25, -0.2) is 0 Å². The first-order chi connectivity index (χ1) is 25.4. The summed E-state index contributed by atoms with van der Waals surface area (Å²) in [6.45, 7) is 9.38. The summed E-state index contributed by atoms with van der Waals surface area (Å²) in [4.78, 5) is 0. The van der Waals surface area contributed by atoms with E-state index in [0.29, 0.717) is 38.0 Å². The Hall–Kier alpha value is -0.226. The fourth-order valence-electron chi connectivity index (χ4n) is 7.37. The van der Waals surface area contributed by atoms with Crippen LogP contribution in [0.1, 0.15) is 51.4 Å². The lowest BCUT2D eigenvalue weighted by atomic mass is 10.2. The summed E-state index contributed by atoms with van der Waals surface area (Å²) in [7, 11) is -31.0. The molecular weight excluding hydrogens is 917 g/mol. The Bertz CT molecular complexity index is 1580. The SMILES string of the molecule is C[Si](C)(CCC[N+](CCCS(=O)(=O)O)(CCCS(=O)(=O)O)CCCS(=O)(=O)O)O[Si](C)(C)CCC[N+](CCCS(=O)(=O)O)(CCCS(=O)(=O)O)CCCS(=O)(=O)O. The van der Waals surface area contributed by atoms with E-state index in [1.165, 1.54) is 0 Å². The summed E-state index contributed by atoms with van der Waals surface area (Å²) < 4.78 is 201. The van der Waals surface area contributed by atoms with Crippen molar-refractivity contribution < 1.29 is 90.9 Å². The third-order valence-corrected chi connectivity index (χ3v) is 21.9. The molecule has 0 amide bonds. The molecule has 0 fully saturated rings. The zero-order chi connectivity index (χ0) is 44.7. The van der Waals surface area contributed by atoms with E-state index in [2.05, 4.69) is 0 Å². The molecule has 57 heavy (non-hydrogen) atoms. The summed E-state index contributed by atoms with van der Waals surface area (Å²) in [5.74, 6) is -3.53. The number of quaternary nitrogens is 2. The normalized spacial score (nSPS) is 14.6. The highest BCUT2D eigenvalue weighted by molar-refractivity contribution is 7.86. The smallest absolute Gasteiger partial charge is 0.265 e.